The molecule has 3 atom stereocenters. The Hall–Kier alpha value is -0.450. The number of hydrogen-bond acceptors (Lipinski definition) is 4. The number of carbonyl (C=O) groups is 1. The Labute approximate surface area is 127 Å². The predicted octanol–water partition coefficient (Wildman–Crippen LogP) is 3.37. The maximum atomic E-state index is 11.6. The molecule has 0 aromatic rings. The minimum Gasteiger partial charge on any atom is -0.358 e. The Morgan fingerprint density at radius 2 is 2.05 bits per heavy atom. The van der Waals surface area contributed by atoms with Gasteiger partial charge in [-0.15, -0.1) is 0 Å². The Morgan fingerprint density at radius 1 is 1.14 bits per heavy atom. The van der Waals surface area contributed by atoms with Gasteiger partial charge in [0.2, 0.25) is 0 Å². The van der Waals surface area contributed by atoms with Gasteiger partial charge < -0.3 is 14.2 Å². The summed E-state index contributed by atoms with van der Waals surface area (Å²) in [6.45, 7) is 1.67. The van der Waals surface area contributed by atoms with Crippen molar-refractivity contribution in [2.24, 2.45) is 0 Å². The fraction of sp³-hybridized carbons (Fsp3) is 0.941. The second-order valence-electron chi connectivity index (χ2n) is 6.71. The van der Waals surface area contributed by atoms with E-state index in [1.807, 2.05) is 0 Å². The average Bonchev–Trinajstić information content (AvgIpc) is 3.24. The van der Waals surface area contributed by atoms with Crippen molar-refractivity contribution < 1.29 is 19.0 Å². The first-order valence-corrected chi connectivity index (χ1v) is 8.74. The van der Waals surface area contributed by atoms with Gasteiger partial charge in [0.15, 0.2) is 12.1 Å². The van der Waals surface area contributed by atoms with Gasteiger partial charge in [-0.2, -0.15) is 0 Å². The molecule has 3 aliphatic rings. The van der Waals surface area contributed by atoms with Crippen LogP contribution < -0.4 is 0 Å². The second-order valence-corrected chi connectivity index (χ2v) is 6.71. The van der Waals surface area contributed by atoms with Crippen LogP contribution in [0.15, 0.2) is 0 Å². The summed E-state index contributed by atoms with van der Waals surface area (Å²) in [6.07, 6.45) is 12.0. The van der Waals surface area contributed by atoms with E-state index in [0.717, 1.165) is 51.7 Å². The molecule has 3 rings (SSSR count). The van der Waals surface area contributed by atoms with Crippen molar-refractivity contribution in [3.05, 3.63) is 0 Å². The quantitative estimate of drug-likeness (QED) is 0.509. The van der Waals surface area contributed by atoms with Crippen LogP contribution in [0.5, 0.6) is 0 Å². The monoisotopic (exact) mass is 296 g/mol. The van der Waals surface area contributed by atoms with E-state index in [1.54, 1.807) is 0 Å². The van der Waals surface area contributed by atoms with Gasteiger partial charge in [0, 0.05) is 19.6 Å². The second kappa shape index (κ2) is 7.21. The van der Waals surface area contributed by atoms with Crippen LogP contribution in [0.4, 0.5) is 0 Å². The van der Waals surface area contributed by atoms with Gasteiger partial charge in [0.25, 0.3) is 0 Å². The number of ether oxygens (including phenoxy) is 3. The topological polar surface area (TPSA) is 48.1 Å². The van der Waals surface area contributed by atoms with E-state index < -0.39 is 0 Å². The Balaban J connectivity index is 1.19. The number of rotatable bonds is 8. The van der Waals surface area contributed by atoms with Crippen molar-refractivity contribution in [2.45, 2.75) is 88.6 Å². The lowest BCUT2D eigenvalue weighted by Crippen LogP contribution is -2.26. The third kappa shape index (κ3) is 4.05. The molecule has 0 radical (unpaired) electrons. The number of carbonyl (C=O) groups excluding carboxylic acids is 1. The van der Waals surface area contributed by atoms with Crippen molar-refractivity contribution in [3.8, 4) is 0 Å². The van der Waals surface area contributed by atoms with Crippen LogP contribution in [0.25, 0.3) is 0 Å². The molecule has 3 unspecified atom stereocenters. The first-order valence-electron chi connectivity index (χ1n) is 8.74. The van der Waals surface area contributed by atoms with E-state index in [2.05, 4.69) is 0 Å². The minimum atomic E-state index is -0.0435. The van der Waals surface area contributed by atoms with E-state index >= 15 is 0 Å². The summed E-state index contributed by atoms with van der Waals surface area (Å²) in [5.41, 5.74) is -0.0399. The summed E-state index contributed by atoms with van der Waals surface area (Å²) < 4.78 is 17.0. The summed E-state index contributed by atoms with van der Waals surface area (Å²) >= 11 is 0. The molecule has 0 amide bonds. The maximum Gasteiger partial charge on any atom is 0.164 e. The molecule has 2 saturated heterocycles. The highest BCUT2D eigenvalue weighted by molar-refractivity contribution is 5.87. The Kier molecular flexibility index (Phi) is 5.30. The zero-order chi connectivity index (χ0) is 14.5. The Morgan fingerprint density at radius 3 is 2.90 bits per heavy atom. The molecule has 4 nitrogen and oxygen atoms in total. The van der Waals surface area contributed by atoms with E-state index in [1.165, 1.54) is 32.1 Å². The smallest absolute Gasteiger partial charge is 0.164 e. The van der Waals surface area contributed by atoms with Gasteiger partial charge >= 0.3 is 0 Å². The van der Waals surface area contributed by atoms with Gasteiger partial charge in [-0.1, -0.05) is 19.3 Å². The van der Waals surface area contributed by atoms with Crippen LogP contribution in [0.2, 0.25) is 0 Å². The van der Waals surface area contributed by atoms with Gasteiger partial charge in [0.1, 0.15) is 11.7 Å². The predicted molar refractivity (Wildman–Crippen MR) is 79.1 cm³/mol. The van der Waals surface area contributed by atoms with E-state index in [0.29, 0.717) is 5.78 Å². The number of hydrogen-bond donors (Lipinski definition) is 0. The fourth-order valence-corrected chi connectivity index (χ4v) is 3.70. The first kappa shape index (κ1) is 15.4. The number of fused-ring (bicyclic) bond motifs is 1. The zero-order valence-corrected chi connectivity index (χ0v) is 13.0. The SMILES string of the molecule is O=C1CCCC2(CCCCCCOC3CCCCO3)OC12. The summed E-state index contributed by atoms with van der Waals surface area (Å²) in [5, 5.41) is 0. The lowest BCUT2D eigenvalue weighted by Gasteiger charge is -2.22. The normalized spacial score (nSPS) is 35.5. The number of unbranched alkanes of at least 4 members (excludes halogenated alkanes) is 3. The number of Topliss-reactive ketones (excluding diaryl/α,β-unsaturated/α-hetero) is 1. The molecule has 0 aromatic carbocycles. The lowest BCUT2D eigenvalue weighted by molar-refractivity contribution is -0.162. The van der Waals surface area contributed by atoms with Crippen LogP contribution in [-0.4, -0.2) is 37.0 Å². The van der Waals surface area contributed by atoms with E-state index in [4.69, 9.17) is 14.2 Å². The highest BCUT2D eigenvalue weighted by Gasteiger charge is 2.60. The molecular formula is C17H28O4. The molecule has 3 fully saturated rings. The molecule has 4 heteroatoms. The van der Waals surface area contributed by atoms with Crippen molar-refractivity contribution in [2.75, 3.05) is 13.2 Å². The molecular weight excluding hydrogens is 268 g/mol. The van der Waals surface area contributed by atoms with Gasteiger partial charge in [-0.3, -0.25) is 4.79 Å². The van der Waals surface area contributed by atoms with E-state index in [-0.39, 0.29) is 18.0 Å². The third-order valence-electron chi connectivity index (χ3n) is 5.02. The summed E-state index contributed by atoms with van der Waals surface area (Å²) in [6, 6.07) is 0. The zero-order valence-electron chi connectivity index (χ0n) is 13.0. The first-order chi connectivity index (χ1) is 10.3. The molecule has 1 saturated carbocycles. The van der Waals surface area contributed by atoms with Crippen LogP contribution in [0.1, 0.15) is 70.6 Å². The summed E-state index contributed by atoms with van der Waals surface area (Å²) in [7, 11) is 0. The Bertz CT molecular complexity index is 351. The van der Waals surface area contributed by atoms with Crippen molar-refractivity contribution in [3.63, 3.8) is 0 Å². The lowest BCUT2D eigenvalue weighted by atomic mass is 9.84. The number of ketones is 1. The van der Waals surface area contributed by atoms with Crippen LogP contribution >= 0.6 is 0 Å². The van der Waals surface area contributed by atoms with Gasteiger partial charge in [-0.25, -0.2) is 0 Å². The highest BCUT2D eigenvalue weighted by Crippen LogP contribution is 2.49. The van der Waals surface area contributed by atoms with Crippen LogP contribution in [-0.2, 0) is 19.0 Å². The third-order valence-corrected chi connectivity index (χ3v) is 5.02. The maximum absolute atomic E-state index is 11.6. The van der Waals surface area contributed by atoms with Crippen LogP contribution in [0, 0.1) is 0 Å². The number of epoxide rings is 1. The molecule has 0 aromatic heterocycles. The standard InChI is InChI=1S/C17H28O4/c18-14-8-7-11-17(16(14)21-17)10-4-1-2-5-12-19-15-9-3-6-13-20-15/h15-16H,1-13H2. The largest absolute Gasteiger partial charge is 0.358 e. The molecule has 0 bridgehead atoms. The molecule has 1 aliphatic carbocycles. The average molecular weight is 296 g/mol. The molecule has 0 spiro atoms. The van der Waals surface area contributed by atoms with Crippen molar-refractivity contribution in [1.29, 1.82) is 0 Å². The molecule has 2 aliphatic heterocycles. The molecule has 2 heterocycles. The van der Waals surface area contributed by atoms with Crippen LogP contribution in [0.3, 0.4) is 0 Å². The van der Waals surface area contributed by atoms with Crippen molar-refractivity contribution >= 4 is 5.78 Å². The molecule has 21 heavy (non-hydrogen) atoms. The fourth-order valence-electron chi connectivity index (χ4n) is 3.70. The highest BCUT2D eigenvalue weighted by atomic mass is 16.7. The van der Waals surface area contributed by atoms with Gasteiger partial charge in [-0.05, 0) is 44.9 Å². The molecule has 0 N–H and O–H groups in total. The van der Waals surface area contributed by atoms with E-state index in [9.17, 15) is 4.79 Å². The summed E-state index contributed by atoms with van der Waals surface area (Å²) in [4.78, 5) is 11.6. The summed E-state index contributed by atoms with van der Waals surface area (Å²) in [5.74, 6) is 0.335. The van der Waals surface area contributed by atoms with Crippen molar-refractivity contribution in [1.82, 2.24) is 0 Å². The molecule has 120 valence electrons. The minimum absolute atomic E-state index is 0.0399. The van der Waals surface area contributed by atoms with Gasteiger partial charge in [0.05, 0.1) is 0 Å².